The third-order valence-electron chi connectivity index (χ3n) is 3.37. The highest BCUT2D eigenvalue weighted by molar-refractivity contribution is 5.82. The van der Waals surface area contributed by atoms with Gasteiger partial charge < -0.3 is 20.1 Å². The van der Waals surface area contributed by atoms with Crippen LogP contribution in [0.5, 0.6) is 5.75 Å². The smallest absolute Gasteiger partial charge is 0.239 e. The largest absolute Gasteiger partial charge is 0.496 e. The molecule has 0 aliphatic carbocycles. The lowest BCUT2D eigenvalue weighted by Crippen LogP contribution is -2.51. The highest BCUT2D eigenvalue weighted by Gasteiger charge is 2.20. The Balaban J connectivity index is 1.83. The van der Waals surface area contributed by atoms with E-state index in [0.29, 0.717) is 19.8 Å². The first-order chi connectivity index (χ1) is 9.70. The molecule has 1 aliphatic rings. The highest BCUT2D eigenvalue weighted by atomic mass is 16.5. The number of aryl methyl sites for hydroxylation is 1. The van der Waals surface area contributed by atoms with E-state index in [-0.39, 0.29) is 11.9 Å². The normalized spacial score (nSPS) is 18.6. The Hall–Kier alpha value is -1.59. The first kappa shape index (κ1) is 14.8. The molecule has 110 valence electrons. The molecule has 0 bridgehead atoms. The van der Waals surface area contributed by atoms with Gasteiger partial charge >= 0.3 is 0 Å². The lowest BCUT2D eigenvalue weighted by atomic mass is 10.1. The van der Waals surface area contributed by atoms with Gasteiger partial charge in [-0.1, -0.05) is 17.7 Å². The summed E-state index contributed by atoms with van der Waals surface area (Å²) in [6.45, 7) is 4.48. The van der Waals surface area contributed by atoms with Crippen molar-refractivity contribution in [3.8, 4) is 5.75 Å². The SMILES string of the molecule is COc1ccc(C)cc1CCNC(=O)C1COCCN1. The van der Waals surface area contributed by atoms with Gasteiger partial charge in [0.15, 0.2) is 0 Å². The van der Waals surface area contributed by atoms with Crippen LogP contribution in [0.3, 0.4) is 0 Å². The van der Waals surface area contributed by atoms with Crippen LogP contribution in [-0.2, 0) is 16.0 Å². The van der Waals surface area contributed by atoms with Gasteiger partial charge in [-0.3, -0.25) is 4.79 Å². The fraction of sp³-hybridized carbons (Fsp3) is 0.533. The molecule has 1 aromatic carbocycles. The van der Waals surface area contributed by atoms with E-state index < -0.39 is 0 Å². The summed E-state index contributed by atoms with van der Waals surface area (Å²) in [6.07, 6.45) is 0.754. The Kier molecular flexibility index (Phi) is 5.38. The molecule has 1 aromatic rings. The zero-order valence-corrected chi connectivity index (χ0v) is 12.1. The molecular formula is C15H22N2O3. The summed E-state index contributed by atoms with van der Waals surface area (Å²) in [5.41, 5.74) is 2.30. The fourth-order valence-electron chi connectivity index (χ4n) is 2.28. The van der Waals surface area contributed by atoms with Crippen molar-refractivity contribution in [2.24, 2.45) is 0 Å². The van der Waals surface area contributed by atoms with Crippen molar-refractivity contribution in [1.29, 1.82) is 0 Å². The number of nitrogens with one attached hydrogen (secondary N) is 2. The third-order valence-corrected chi connectivity index (χ3v) is 3.37. The van der Waals surface area contributed by atoms with Crippen molar-refractivity contribution in [1.82, 2.24) is 10.6 Å². The van der Waals surface area contributed by atoms with Gasteiger partial charge in [0.1, 0.15) is 11.8 Å². The maximum atomic E-state index is 11.9. The molecule has 2 rings (SSSR count). The zero-order chi connectivity index (χ0) is 14.4. The van der Waals surface area contributed by atoms with Crippen LogP contribution in [0.1, 0.15) is 11.1 Å². The fourth-order valence-corrected chi connectivity index (χ4v) is 2.28. The average Bonchev–Trinajstić information content (AvgIpc) is 2.48. The van der Waals surface area contributed by atoms with E-state index in [0.717, 1.165) is 24.3 Å². The lowest BCUT2D eigenvalue weighted by Gasteiger charge is -2.23. The minimum atomic E-state index is -0.233. The predicted octanol–water partition coefficient (Wildman–Crippen LogP) is 0.651. The van der Waals surface area contributed by atoms with Crippen LogP contribution in [0.2, 0.25) is 0 Å². The summed E-state index contributed by atoms with van der Waals surface area (Å²) in [5.74, 6) is 0.861. The molecular weight excluding hydrogens is 256 g/mol. The van der Waals surface area contributed by atoms with E-state index in [1.807, 2.05) is 19.1 Å². The van der Waals surface area contributed by atoms with Crippen molar-refractivity contribution >= 4 is 5.91 Å². The summed E-state index contributed by atoms with van der Waals surface area (Å²) < 4.78 is 10.6. The van der Waals surface area contributed by atoms with Gasteiger partial charge in [-0.15, -0.1) is 0 Å². The van der Waals surface area contributed by atoms with Gasteiger partial charge in [-0.2, -0.15) is 0 Å². The Labute approximate surface area is 119 Å². The molecule has 0 radical (unpaired) electrons. The number of hydrogen-bond acceptors (Lipinski definition) is 4. The van der Waals surface area contributed by atoms with E-state index in [2.05, 4.69) is 16.7 Å². The van der Waals surface area contributed by atoms with Crippen LogP contribution < -0.4 is 15.4 Å². The molecule has 5 nitrogen and oxygen atoms in total. The van der Waals surface area contributed by atoms with Crippen LogP contribution in [0.25, 0.3) is 0 Å². The van der Waals surface area contributed by atoms with E-state index in [4.69, 9.17) is 9.47 Å². The summed E-state index contributed by atoms with van der Waals surface area (Å²) in [7, 11) is 1.66. The van der Waals surface area contributed by atoms with Gasteiger partial charge in [0.2, 0.25) is 5.91 Å². The van der Waals surface area contributed by atoms with E-state index in [1.54, 1.807) is 7.11 Å². The maximum absolute atomic E-state index is 11.9. The zero-order valence-electron chi connectivity index (χ0n) is 12.1. The first-order valence-corrected chi connectivity index (χ1v) is 6.93. The number of carbonyl (C=O) groups is 1. The molecule has 0 saturated carbocycles. The summed E-state index contributed by atoms with van der Waals surface area (Å²) in [4.78, 5) is 11.9. The van der Waals surface area contributed by atoms with Crippen LogP contribution in [0.15, 0.2) is 18.2 Å². The molecule has 0 aromatic heterocycles. The van der Waals surface area contributed by atoms with Crippen molar-refractivity contribution in [2.45, 2.75) is 19.4 Å². The number of ether oxygens (including phenoxy) is 2. The molecule has 2 N–H and O–H groups in total. The minimum absolute atomic E-state index is 0.00341. The molecule has 20 heavy (non-hydrogen) atoms. The van der Waals surface area contributed by atoms with E-state index >= 15 is 0 Å². The second kappa shape index (κ2) is 7.26. The highest BCUT2D eigenvalue weighted by Crippen LogP contribution is 2.19. The number of morpholine rings is 1. The Bertz CT molecular complexity index is 456. The molecule has 1 atom stereocenters. The molecule has 0 spiro atoms. The van der Waals surface area contributed by atoms with E-state index in [9.17, 15) is 4.79 Å². The molecule has 1 heterocycles. The van der Waals surface area contributed by atoms with Crippen molar-refractivity contribution in [3.63, 3.8) is 0 Å². The number of hydrogen-bond donors (Lipinski definition) is 2. The van der Waals surface area contributed by atoms with Crippen molar-refractivity contribution in [2.75, 3.05) is 33.4 Å². The number of rotatable bonds is 5. The lowest BCUT2D eigenvalue weighted by molar-refractivity contribution is -0.125. The standard InChI is InChI=1S/C15H22N2O3/c1-11-3-4-14(19-2)12(9-11)5-6-17-15(18)13-10-20-8-7-16-13/h3-4,9,13,16H,5-8,10H2,1-2H3,(H,17,18). The summed E-state index contributed by atoms with van der Waals surface area (Å²) >= 11 is 0. The summed E-state index contributed by atoms with van der Waals surface area (Å²) in [6, 6.07) is 5.84. The van der Waals surface area contributed by atoms with Crippen LogP contribution in [0, 0.1) is 6.92 Å². The van der Waals surface area contributed by atoms with Crippen molar-refractivity contribution < 1.29 is 14.3 Å². The maximum Gasteiger partial charge on any atom is 0.239 e. The molecule has 1 fully saturated rings. The third kappa shape index (κ3) is 3.95. The van der Waals surface area contributed by atoms with Gasteiger partial charge in [-0.25, -0.2) is 0 Å². The van der Waals surface area contributed by atoms with Gasteiger partial charge in [-0.05, 0) is 25.0 Å². The first-order valence-electron chi connectivity index (χ1n) is 6.93. The summed E-state index contributed by atoms with van der Waals surface area (Å²) in [5, 5.41) is 6.07. The van der Waals surface area contributed by atoms with Gasteiger partial charge in [0.05, 0.1) is 20.3 Å². The Morgan fingerprint density at radius 3 is 3.10 bits per heavy atom. The average molecular weight is 278 g/mol. The number of methoxy groups -OCH3 is 1. The van der Waals surface area contributed by atoms with Crippen LogP contribution >= 0.6 is 0 Å². The van der Waals surface area contributed by atoms with Crippen LogP contribution in [0.4, 0.5) is 0 Å². The topological polar surface area (TPSA) is 59.6 Å². The second-order valence-electron chi connectivity index (χ2n) is 4.94. The Morgan fingerprint density at radius 2 is 2.40 bits per heavy atom. The monoisotopic (exact) mass is 278 g/mol. The molecule has 5 heteroatoms. The molecule has 1 amide bonds. The second-order valence-corrected chi connectivity index (χ2v) is 4.94. The van der Waals surface area contributed by atoms with E-state index in [1.165, 1.54) is 5.56 Å². The van der Waals surface area contributed by atoms with Crippen LogP contribution in [-0.4, -0.2) is 45.4 Å². The number of carbonyl (C=O) groups excluding carboxylic acids is 1. The van der Waals surface area contributed by atoms with Gasteiger partial charge in [0.25, 0.3) is 0 Å². The molecule has 1 saturated heterocycles. The molecule has 1 aliphatic heterocycles. The van der Waals surface area contributed by atoms with Crippen molar-refractivity contribution in [3.05, 3.63) is 29.3 Å². The Morgan fingerprint density at radius 1 is 1.55 bits per heavy atom. The minimum Gasteiger partial charge on any atom is -0.496 e. The number of benzene rings is 1. The molecule has 1 unspecified atom stereocenters. The number of amides is 1. The van der Waals surface area contributed by atoms with Gasteiger partial charge in [0, 0.05) is 13.1 Å². The quantitative estimate of drug-likeness (QED) is 0.830. The predicted molar refractivity (Wildman–Crippen MR) is 77.1 cm³/mol.